The van der Waals surface area contributed by atoms with Crippen molar-refractivity contribution in [1.82, 2.24) is 0 Å². The van der Waals surface area contributed by atoms with Crippen LogP contribution in [0.15, 0.2) is 0 Å². The molecule has 56 valence electrons. The van der Waals surface area contributed by atoms with Crippen molar-refractivity contribution >= 4 is 21.9 Å². The Morgan fingerprint density at radius 3 is 2.90 bits per heavy atom. The Balaban J connectivity index is 3.33. The summed E-state index contributed by atoms with van der Waals surface area (Å²) in [4.78, 5) is 10.8. The molecule has 0 rings (SSSR count). The summed E-state index contributed by atoms with van der Waals surface area (Å²) in [6, 6.07) is 0. The van der Waals surface area contributed by atoms with Crippen LogP contribution in [0.2, 0.25) is 0 Å². The standard InChI is InChI=1S/C7H9BrO2/c1-3-4-7(9)10-5-6(2)8/h1,6H,4-5H2,2H3. The molecule has 10 heavy (non-hydrogen) atoms. The summed E-state index contributed by atoms with van der Waals surface area (Å²) < 4.78 is 4.72. The quantitative estimate of drug-likeness (QED) is 0.394. The number of halogens is 1. The molecule has 0 N–H and O–H groups in total. The maximum Gasteiger partial charge on any atom is 0.317 e. The van der Waals surface area contributed by atoms with E-state index in [2.05, 4.69) is 21.9 Å². The van der Waals surface area contributed by atoms with E-state index in [-0.39, 0.29) is 17.2 Å². The lowest BCUT2D eigenvalue weighted by Gasteiger charge is -2.02. The highest BCUT2D eigenvalue weighted by atomic mass is 79.9. The molecule has 0 aromatic rings. The maximum absolute atomic E-state index is 10.6. The van der Waals surface area contributed by atoms with Crippen molar-refractivity contribution in [2.75, 3.05) is 6.61 Å². The van der Waals surface area contributed by atoms with E-state index in [1.807, 2.05) is 6.92 Å². The van der Waals surface area contributed by atoms with Crippen LogP contribution in [0.1, 0.15) is 13.3 Å². The van der Waals surface area contributed by atoms with Gasteiger partial charge in [0, 0.05) is 4.83 Å². The van der Waals surface area contributed by atoms with Crippen molar-refractivity contribution in [3.05, 3.63) is 0 Å². The van der Waals surface area contributed by atoms with Gasteiger partial charge in [0.25, 0.3) is 0 Å². The molecule has 0 aromatic carbocycles. The molecule has 0 bridgehead atoms. The van der Waals surface area contributed by atoms with Crippen LogP contribution in [0.4, 0.5) is 0 Å². The third-order valence-electron chi connectivity index (χ3n) is 0.720. The fourth-order valence-corrected chi connectivity index (χ4v) is 0.474. The molecule has 1 unspecified atom stereocenters. The molecule has 3 heteroatoms. The third kappa shape index (κ3) is 5.64. The number of esters is 1. The lowest BCUT2D eigenvalue weighted by molar-refractivity contribution is -0.142. The van der Waals surface area contributed by atoms with Crippen molar-refractivity contribution in [2.24, 2.45) is 0 Å². The lowest BCUT2D eigenvalue weighted by Crippen LogP contribution is -2.10. The van der Waals surface area contributed by atoms with Crippen LogP contribution in [0.3, 0.4) is 0 Å². The topological polar surface area (TPSA) is 26.3 Å². The molecule has 0 aliphatic carbocycles. The number of hydrogen-bond donors (Lipinski definition) is 0. The van der Waals surface area contributed by atoms with Crippen LogP contribution in [0.25, 0.3) is 0 Å². The smallest absolute Gasteiger partial charge is 0.317 e. The molecule has 0 aliphatic heterocycles. The molecule has 0 spiro atoms. The van der Waals surface area contributed by atoms with Gasteiger partial charge in [0.15, 0.2) is 0 Å². The van der Waals surface area contributed by atoms with Gasteiger partial charge in [0.1, 0.15) is 13.0 Å². The normalized spacial score (nSPS) is 11.7. The predicted octanol–water partition coefficient (Wildman–Crippen LogP) is 1.34. The second kappa shape index (κ2) is 5.31. The van der Waals surface area contributed by atoms with Crippen LogP contribution in [-0.2, 0) is 9.53 Å². The molecular formula is C7H9BrO2. The zero-order chi connectivity index (χ0) is 7.98. The summed E-state index contributed by atoms with van der Waals surface area (Å²) in [6.07, 6.45) is 4.93. The van der Waals surface area contributed by atoms with Crippen LogP contribution >= 0.6 is 15.9 Å². The first-order valence-electron chi connectivity index (χ1n) is 2.90. The molecular weight excluding hydrogens is 196 g/mol. The van der Waals surface area contributed by atoms with Crippen molar-refractivity contribution in [1.29, 1.82) is 0 Å². The minimum atomic E-state index is -0.339. The molecule has 0 saturated heterocycles. The molecule has 0 aliphatic rings. The summed E-state index contributed by atoms with van der Waals surface area (Å²) in [6.45, 7) is 2.27. The number of hydrogen-bond acceptors (Lipinski definition) is 2. The van der Waals surface area contributed by atoms with Gasteiger partial charge < -0.3 is 4.74 Å². The Labute approximate surface area is 69.1 Å². The number of carbonyl (C=O) groups is 1. The first-order valence-corrected chi connectivity index (χ1v) is 3.81. The summed E-state index contributed by atoms with van der Waals surface area (Å²) in [7, 11) is 0. The SMILES string of the molecule is C#CCC(=O)OCC(C)Br. The molecule has 0 amide bonds. The Kier molecular flexibility index (Phi) is 5.05. The van der Waals surface area contributed by atoms with Crippen molar-refractivity contribution in [2.45, 2.75) is 18.2 Å². The molecule has 0 aromatic heterocycles. The van der Waals surface area contributed by atoms with Crippen LogP contribution < -0.4 is 0 Å². The van der Waals surface area contributed by atoms with E-state index in [4.69, 9.17) is 11.2 Å². The van der Waals surface area contributed by atoms with Gasteiger partial charge in [-0.25, -0.2) is 0 Å². The van der Waals surface area contributed by atoms with Gasteiger partial charge in [0.05, 0.1) is 0 Å². The maximum atomic E-state index is 10.6. The number of carbonyl (C=O) groups excluding carboxylic acids is 1. The van der Waals surface area contributed by atoms with Gasteiger partial charge in [-0.2, -0.15) is 0 Å². The molecule has 2 nitrogen and oxygen atoms in total. The van der Waals surface area contributed by atoms with Gasteiger partial charge in [-0.3, -0.25) is 4.79 Å². The number of rotatable bonds is 3. The highest BCUT2D eigenvalue weighted by Gasteiger charge is 2.01. The molecule has 0 radical (unpaired) electrons. The average Bonchev–Trinajstić information content (AvgIpc) is 1.85. The summed E-state index contributed by atoms with van der Waals surface area (Å²) >= 11 is 3.23. The zero-order valence-corrected chi connectivity index (χ0v) is 7.35. The first-order chi connectivity index (χ1) is 4.66. The van der Waals surface area contributed by atoms with Crippen molar-refractivity contribution in [3.63, 3.8) is 0 Å². The summed E-state index contributed by atoms with van der Waals surface area (Å²) in [5.41, 5.74) is 0. The van der Waals surface area contributed by atoms with E-state index >= 15 is 0 Å². The number of ether oxygens (including phenoxy) is 1. The first kappa shape index (κ1) is 9.51. The summed E-state index contributed by atoms with van der Waals surface area (Å²) in [5.74, 6) is 1.86. The van der Waals surface area contributed by atoms with Gasteiger partial charge in [-0.15, -0.1) is 6.42 Å². The largest absolute Gasteiger partial charge is 0.464 e. The van der Waals surface area contributed by atoms with Crippen molar-refractivity contribution in [3.8, 4) is 12.3 Å². The number of alkyl halides is 1. The summed E-state index contributed by atoms with van der Waals surface area (Å²) in [5, 5.41) is 0. The van der Waals surface area contributed by atoms with Crippen LogP contribution in [-0.4, -0.2) is 17.4 Å². The molecule has 0 saturated carbocycles. The van der Waals surface area contributed by atoms with Crippen LogP contribution in [0, 0.1) is 12.3 Å². The Morgan fingerprint density at radius 2 is 2.50 bits per heavy atom. The second-order valence-electron chi connectivity index (χ2n) is 1.84. The zero-order valence-electron chi connectivity index (χ0n) is 5.76. The fourth-order valence-electron chi connectivity index (χ4n) is 0.342. The Bertz CT molecular complexity index is 146. The second-order valence-corrected chi connectivity index (χ2v) is 3.41. The van der Waals surface area contributed by atoms with E-state index < -0.39 is 0 Å². The minimum absolute atomic E-state index is 0.0553. The van der Waals surface area contributed by atoms with E-state index in [1.54, 1.807) is 0 Å². The third-order valence-corrected chi connectivity index (χ3v) is 0.985. The highest BCUT2D eigenvalue weighted by Crippen LogP contribution is 1.97. The Hall–Kier alpha value is -0.490. The monoisotopic (exact) mass is 204 g/mol. The highest BCUT2D eigenvalue weighted by molar-refractivity contribution is 9.09. The van der Waals surface area contributed by atoms with E-state index in [0.717, 1.165) is 0 Å². The van der Waals surface area contributed by atoms with E-state index in [1.165, 1.54) is 0 Å². The van der Waals surface area contributed by atoms with Gasteiger partial charge in [-0.05, 0) is 6.92 Å². The fraction of sp³-hybridized carbons (Fsp3) is 0.571. The molecule has 0 heterocycles. The van der Waals surface area contributed by atoms with Crippen molar-refractivity contribution < 1.29 is 9.53 Å². The van der Waals surface area contributed by atoms with Gasteiger partial charge >= 0.3 is 5.97 Å². The van der Waals surface area contributed by atoms with E-state index in [0.29, 0.717) is 6.61 Å². The predicted molar refractivity (Wildman–Crippen MR) is 42.8 cm³/mol. The Morgan fingerprint density at radius 1 is 1.90 bits per heavy atom. The van der Waals surface area contributed by atoms with Gasteiger partial charge in [-0.1, -0.05) is 21.9 Å². The minimum Gasteiger partial charge on any atom is -0.464 e. The van der Waals surface area contributed by atoms with E-state index in [9.17, 15) is 4.79 Å². The lowest BCUT2D eigenvalue weighted by atomic mass is 10.4. The molecule has 1 atom stereocenters. The van der Waals surface area contributed by atoms with Crippen LogP contribution in [0.5, 0.6) is 0 Å². The average molecular weight is 205 g/mol. The van der Waals surface area contributed by atoms with Gasteiger partial charge in [0.2, 0.25) is 0 Å². The number of terminal acetylenes is 1. The molecule has 0 fully saturated rings.